The van der Waals surface area contributed by atoms with E-state index in [2.05, 4.69) is 0 Å². The number of allylic oxidation sites excluding steroid dienone is 1. The van der Waals surface area contributed by atoms with Gasteiger partial charge in [-0.2, -0.15) is 0 Å². The van der Waals surface area contributed by atoms with Crippen LogP contribution in [-0.2, 0) is 14.3 Å². The number of esters is 1. The number of hydrogen-bond acceptors (Lipinski definition) is 3. The number of carbonyl (C=O) groups is 2. The van der Waals surface area contributed by atoms with E-state index in [0.29, 0.717) is 0 Å². The summed E-state index contributed by atoms with van der Waals surface area (Å²) in [4.78, 5) is 22.1. The fourth-order valence-corrected chi connectivity index (χ4v) is 2.08. The summed E-state index contributed by atoms with van der Waals surface area (Å²) in [5, 5.41) is 8.89. The van der Waals surface area contributed by atoms with Crippen molar-refractivity contribution < 1.29 is 19.4 Å². The SMILES string of the molecule is CCOC(=O)C(Cl)=CC1C(C(=O)O)C1(C)C. The van der Waals surface area contributed by atoms with E-state index in [1.807, 2.05) is 13.8 Å². The van der Waals surface area contributed by atoms with Crippen molar-refractivity contribution in [3.63, 3.8) is 0 Å². The van der Waals surface area contributed by atoms with Gasteiger partial charge in [0.05, 0.1) is 12.5 Å². The van der Waals surface area contributed by atoms with E-state index < -0.39 is 17.9 Å². The molecule has 0 aromatic carbocycles. The zero-order chi connectivity index (χ0) is 12.5. The Morgan fingerprint density at radius 1 is 1.50 bits per heavy atom. The van der Waals surface area contributed by atoms with E-state index in [0.717, 1.165) is 0 Å². The van der Waals surface area contributed by atoms with E-state index in [1.54, 1.807) is 6.92 Å². The topological polar surface area (TPSA) is 63.6 Å². The van der Waals surface area contributed by atoms with Crippen molar-refractivity contribution in [2.75, 3.05) is 6.61 Å². The molecule has 1 N–H and O–H groups in total. The number of aliphatic carboxylic acids is 1. The van der Waals surface area contributed by atoms with Crippen LogP contribution in [0.2, 0.25) is 0 Å². The lowest BCUT2D eigenvalue weighted by atomic mass is 10.1. The van der Waals surface area contributed by atoms with E-state index in [4.69, 9.17) is 21.4 Å². The van der Waals surface area contributed by atoms with Crippen LogP contribution in [-0.4, -0.2) is 23.7 Å². The second kappa shape index (κ2) is 4.45. The third-order valence-corrected chi connectivity index (χ3v) is 3.25. The molecule has 1 aliphatic carbocycles. The van der Waals surface area contributed by atoms with E-state index in [-0.39, 0.29) is 23.0 Å². The van der Waals surface area contributed by atoms with Gasteiger partial charge in [-0.3, -0.25) is 4.79 Å². The Labute approximate surface area is 99.2 Å². The van der Waals surface area contributed by atoms with Gasteiger partial charge < -0.3 is 9.84 Å². The van der Waals surface area contributed by atoms with Crippen molar-refractivity contribution >= 4 is 23.5 Å². The molecular weight excluding hydrogens is 232 g/mol. The Morgan fingerprint density at radius 2 is 2.06 bits per heavy atom. The second-order valence-electron chi connectivity index (χ2n) is 4.40. The second-order valence-corrected chi connectivity index (χ2v) is 4.81. The molecule has 1 saturated carbocycles. The Kier molecular flexibility index (Phi) is 3.63. The van der Waals surface area contributed by atoms with Crippen molar-refractivity contribution in [1.29, 1.82) is 0 Å². The van der Waals surface area contributed by atoms with Crippen LogP contribution in [0.25, 0.3) is 0 Å². The normalized spacial score (nSPS) is 27.4. The van der Waals surface area contributed by atoms with Crippen molar-refractivity contribution in [1.82, 2.24) is 0 Å². The lowest BCUT2D eigenvalue weighted by Gasteiger charge is -2.00. The molecule has 16 heavy (non-hydrogen) atoms. The highest BCUT2D eigenvalue weighted by Crippen LogP contribution is 2.59. The van der Waals surface area contributed by atoms with Gasteiger partial charge in [-0.1, -0.05) is 31.5 Å². The molecule has 2 unspecified atom stereocenters. The Bertz CT molecular complexity index is 346. The van der Waals surface area contributed by atoms with Crippen LogP contribution in [0.3, 0.4) is 0 Å². The average Bonchev–Trinajstić information content (AvgIpc) is 2.68. The molecule has 0 aromatic rings. The fourth-order valence-electron chi connectivity index (χ4n) is 1.89. The highest BCUT2D eigenvalue weighted by atomic mass is 35.5. The van der Waals surface area contributed by atoms with Crippen LogP contribution in [0.15, 0.2) is 11.1 Å². The maximum absolute atomic E-state index is 11.2. The molecule has 90 valence electrons. The number of carbonyl (C=O) groups excluding carboxylic acids is 1. The van der Waals surface area contributed by atoms with E-state index >= 15 is 0 Å². The number of halogens is 1. The molecular formula is C11H15ClO4. The minimum absolute atomic E-state index is 0.0383. The number of carboxylic acid groups (broad SMARTS) is 1. The summed E-state index contributed by atoms with van der Waals surface area (Å²) in [5.41, 5.74) is -0.349. The van der Waals surface area contributed by atoms with Crippen LogP contribution < -0.4 is 0 Å². The van der Waals surface area contributed by atoms with Crippen LogP contribution in [0.4, 0.5) is 0 Å². The summed E-state index contributed by atoms with van der Waals surface area (Å²) < 4.78 is 4.71. The standard InChI is InChI=1S/C11H15ClO4/c1-4-16-10(15)7(12)5-6-8(9(13)14)11(6,2)3/h5-6,8H,4H2,1-3H3,(H,13,14). The van der Waals surface area contributed by atoms with Crippen LogP contribution >= 0.6 is 11.6 Å². The molecule has 2 atom stereocenters. The molecule has 0 heterocycles. The van der Waals surface area contributed by atoms with Crippen molar-refractivity contribution in [2.24, 2.45) is 17.3 Å². The molecule has 0 spiro atoms. The first-order valence-corrected chi connectivity index (χ1v) is 5.47. The number of ether oxygens (including phenoxy) is 1. The minimum Gasteiger partial charge on any atom is -0.481 e. The van der Waals surface area contributed by atoms with Gasteiger partial charge in [0.1, 0.15) is 5.03 Å². The first-order chi connectivity index (χ1) is 7.32. The highest BCUT2D eigenvalue weighted by molar-refractivity contribution is 6.41. The van der Waals surface area contributed by atoms with Crippen molar-refractivity contribution in [3.8, 4) is 0 Å². The number of rotatable bonds is 4. The van der Waals surface area contributed by atoms with E-state index in [1.165, 1.54) is 6.08 Å². The maximum atomic E-state index is 11.2. The molecule has 0 saturated heterocycles. The molecule has 4 nitrogen and oxygen atoms in total. The molecule has 0 radical (unpaired) electrons. The third-order valence-electron chi connectivity index (χ3n) is 2.97. The van der Waals surface area contributed by atoms with E-state index in [9.17, 15) is 9.59 Å². The molecule has 0 aliphatic heterocycles. The molecule has 1 aliphatic rings. The molecule has 0 amide bonds. The summed E-state index contributed by atoms with van der Waals surface area (Å²) in [6, 6.07) is 0. The van der Waals surface area contributed by atoms with Gasteiger partial charge in [0.15, 0.2) is 0 Å². The molecule has 1 fully saturated rings. The Morgan fingerprint density at radius 3 is 2.44 bits per heavy atom. The molecule has 5 heteroatoms. The summed E-state index contributed by atoms with van der Waals surface area (Å²) >= 11 is 5.74. The number of carboxylic acids is 1. The third kappa shape index (κ3) is 2.38. The average molecular weight is 247 g/mol. The summed E-state index contributed by atoms with van der Waals surface area (Å²) in [6.07, 6.45) is 1.48. The van der Waals surface area contributed by atoms with Gasteiger partial charge in [-0.05, 0) is 18.3 Å². The van der Waals surface area contributed by atoms with Gasteiger partial charge in [-0.25, -0.2) is 4.79 Å². The lowest BCUT2D eigenvalue weighted by Crippen LogP contribution is -2.04. The zero-order valence-electron chi connectivity index (χ0n) is 9.49. The summed E-state index contributed by atoms with van der Waals surface area (Å²) in [5.74, 6) is -2.15. The molecule has 1 rings (SSSR count). The maximum Gasteiger partial charge on any atom is 0.349 e. The van der Waals surface area contributed by atoms with Gasteiger partial charge >= 0.3 is 11.9 Å². The predicted molar refractivity (Wildman–Crippen MR) is 59.0 cm³/mol. The first-order valence-electron chi connectivity index (χ1n) is 5.09. The first kappa shape index (κ1) is 13.0. The molecule has 0 bridgehead atoms. The highest BCUT2D eigenvalue weighted by Gasteiger charge is 2.61. The summed E-state index contributed by atoms with van der Waals surface area (Å²) in [6.45, 7) is 5.60. The van der Waals surface area contributed by atoms with Gasteiger partial charge in [0.2, 0.25) is 0 Å². The number of hydrogen-bond donors (Lipinski definition) is 1. The van der Waals surface area contributed by atoms with Gasteiger partial charge in [0.25, 0.3) is 0 Å². The van der Waals surface area contributed by atoms with Gasteiger partial charge in [0, 0.05) is 0 Å². The Balaban J connectivity index is 2.72. The van der Waals surface area contributed by atoms with Crippen LogP contribution in [0, 0.1) is 17.3 Å². The smallest absolute Gasteiger partial charge is 0.349 e. The van der Waals surface area contributed by atoms with Gasteiger partial charge in [-0.15, -0.1) is 0 Å². The summed E-state index contributed by atoms with van der Waals surface area (Å²) in [7, 11) is 0. The zero-order valence-corrected chi connectivity index (χ0v) is 10.2. The minimum atomic E-state index is -0.862. The van der Waals surface area contributed by atoms with Crippen molar-refractivity contribution in [2.45, 2.75) is 20.8 Å². The largest absolute Gasteiger partial charge is 0.481 e. The molecule has 0 aromatic heterocycles. The van der Waals surface area contributed by atoms with Crippen LogP contribution in [0.1, 0.15) is 20.8 Å². The predicted octanol–water partition coefficient (Wildman–Crippen LogP) is 2.03. The Hall–Kier alpha value is -1.03. The van der Waals surface area contributed by atoms with Crippen molar-refractivity contribution in [3.05, 3.63) is 11.1 Å². The quantitative estimate of drug-likeness (QED) is 0.609. The lowest BCUT2D eigenvalue weighted by molar-refractivity contribution is -0.140. The van der Waals surface area contributed by atoms with Crippen LogP contribution in [0.5, 0.6) is 0 Å². The fraction of sp³-hybridized carbons (Fsp3) is 0.636. The monoisotopic (exact) mass is 246 g/mol.